The summed E-state index contributed by atoms with van der Waals surface area (Å²) in [5, 5.41) is -0.103. The van der Waals surface area contributed by atoms with E-state index in [4.69, 9.17) is 17.3 Å². The molecule has 0 saturated heterocycles. The Kier molecular flexibility index (Phi) is 4.42. The predicted octanol–water partition coefficient (Wildman–Crippen LogP) is 3.60. The number of benzene rings is 1. The lowest BCUT2D eigenvalue weighted by Gasteiger charge is -2.10. The van der Waals surface area contributed by atoms with Crippen molar-refractivity contribution in [3.8, 4) is 5.75 Å². The van der Waals surface area contributed by atoms with Gasteiger partial charge in [0.05, 0.1) is 5.02 Å². The molecule has 2 nitrogen and oxygen atoms in total. The van der Waals surface area contributed by atoms with Crippen LogP contribution in [0.4, 0.5) is 13.2 Å². The third kappa shape index (κ3) is 5.10. The van der Waals surface area contributed by atoms with Gasteiger partial charge in [0.15, 0.2) is 0 Å². The van der Waals surface area contributed by atoms with E-state index < -0.39 is 12.1 Å². The highest BCUT2D eigenvalue weighted by Gasteiger charge is 2.31. The van der Waals surface area contributed by atoms with Gasteiger partial charge < -0.3 is 10.5 Å². The van der Waals surface area contributed by atoms with Gasteiger partial charge in [-0.1, -0.05) is 29.8 Å². The van der Waals surface area contributed by atoms with Crippen molar-refractivity contribution in [1.82, 2.24) is 0 Å². The Morgan fingerprint density at radius 2 is 2.06 bits per heavy atom. The van der Waals surface area contributed by atoms with E-state index in [0.717, 1.165) is 6.07 Å². The summed E-state index contributed by atoms with van der Waals surface area (Å²) in [5.74, 6) is -0.419. The molecular weight excluding hydrogens is 255 g/mol. The highest BCUT2D eigenvalue weighted by atomic mass is 35.5. The second-order valence-corrected chi connectivity index (χ2v) is 3.86. The molecule has 1 atom stereocenters. The number of halogens is 4. The molecule has 1 unspecified atom stereocenters. The molecule has 0 aliphatic rings. The maximum absolute atomic E-state index is 12.0. The van der Waals surface area contributed by atoms with E-state index in [1.165, 1.54) is 12.1 Å². The van der Waals surface area contributed by atoms with Crippen LogP contribution in [-0.4, -0.2) is 12.4 Å². The van der Waals surface area contributed by atoms with Crippen LogP contribution in [-0.2, 0) is 0 Å². The maximum Gasteiger partial charge on any atom is 0.573 e. The van der Waals surface area contributed by atoms with E-state index in [-0.39, 0.29) is 11.1 Å². The van der Waals surface area contributed by atoms with Crippen LogP contribution in [0.5, 0.6) is 5.75 Å². The zero-order valence-electron chi connectivity index (χ0n) is 8.96. The fourth-order valence-electron chi connectivity index (χ4n) is 1.09. The Bertz CT molecular complexity index is 416. The first kappa shape index (κ1) is 13.9. The van der Waals surface area contributed by atoms with E-state index in [0.29, 0.717) is 5.56 Å². The molecular formula is C11H11ClF3NO. The van der Waals surface area contributed by atoms with E-state index >= 15 is 0 Å². The third-order valence-electron chi connectivity index (χ3n) is 1.77. The Labute approximate surface area is 102 Å². The molecule has 94 valence electrons. The molecule has 0 fully saturated rings. The quantitative estimate of drug-likeness (QED) is 0.906. The normalized spacial score (nSPS) is 14.0. The van der Waals surface area contributed by atoms with Crippen molar-refractivity contribution in [3.05, 3.63) is 34.9 Å². The van der Waals surface area contributed by atoms with Gasteiger partial charge in [0.2, 0.25) is 0 Å². The van der Waals surface area contributed by atoms with Crippen molar-refractivity contribution in [2.45, 2.75) is 19.3 Å². The smallest absolute Gasteiger partial charge is 0.404 e. The molecule has 0 aliphatic heterocycles. The van der Waals surface area contributed by atoms with Gasteiger partial charge in [0.25, 0.3) is 0 Å². The topological polar surface area (TPSA) is 35.2 Å². The summed E-state index contributed by atoms with van der Waals surface area (Å²) in [7, 11) is 0. The Balaban J connectivity index is 2.87. The molecule has 6 heteroatoms. The maximum atomic E-state index is 12.0. The van der Waals surface area contributed by atoms with Crippen LogP contribution >= 0.6 is 11.6 Å². The fraction of sp³-hybridized carbons (Fsp3) is 0.273. The molecule has 0 spiro atoms. The van der Waals surface area contributed by atoms with Crippen molar-refractivity contribution in [3.63, 3.8) is 0 Å². The van der Waals surface area contributed by atoms with Crippen molar-refractivity contribution < 1.29 is 17.9 Å². The Morgan fingerprint density at radius 1 is 1.41 bits per heavy atom. The molecule has 0 radical (unpaired) electrons. The summed E-state index contributed by atoms with van der Waals surface area (Å²) in [6, 6.07) is 3.86. The lowest BCUT2D eigenvalue weighted by atomic mass is 10.2. The SMILES string of the molecule is CC(N)/C=C/c1ccc(OC(F)(F)F)c(Cl)c1. The number of hydrogen-bond donors (Lipinski definition) is 1. The van der Waals surface area contributed by atoms with Crippen LogP contribution < -0.4 is 10.5 Å². The number of rotatable bonds is 3. The third-order valence-corrected chi connectivity index (χ3v) is 2.07. The number of ether oxygens (including phenoxy) is 1. The number of alkyl halides is 3. The summed E-state index contributed by atoms with van der Waals surface area (Å²) < 4.78 is 39.6. The van der Waals surface area contributed by atoms with Crippen LogP contribution in [0.25, 0.3) is 6.08 Å². The van der Waals surface area contributed by atoms with Crippen LogP contribution in [0.3, 0.4) is 0 Å². The molecule has 0 saturated carbocycles. The fourth-order valence-corrected chi connectivity index (χ4v) is 1.32. The average Bonchev–Trinajstić information content (AvgIpc) is 2.17. The standard InChI is InChI=1S/C11H11ClF3NO/c1-7(16)2-3-8-4-5-10(9(12)6-8)17-11(13,14)15/h2-7H,16H2,1H3/b3-2+. The first-order valence-corrected chi connectivity index (χ1v) is 5.15. The number of nitrogens with two attached hydrogens (primary N) is 1. The van der Waals surface area contributed by atoms with Crippen LogP contribution in [0.2, 0.25) is 5.02 Å². The van der Waals surface area contributed by atoms with Crippen LogP contribution in [0.15, 0.2) is 24.3 Å². The molecule has 0 aromatic heterocycles. The highest BCUT2D eigenvalue weighted by Crippen LogP contribution is 2.30. The van der Waals surface area contributed by atoms with E-state index in [1.54, 1.807) is 19.1 Å². The summed E-state index contributed by atoms with van der Waals surface area (Å²) in [4.78, 5) is 0. The predicted molar refractivity (Wildman–Crippen MR) is 60.8 cm³/mol. The van der Waals surface area contributed by atoms with E-state index in [9.17, 15) is 13.2 Å². The van der Waals surface area contributed by atoms with E-state index in [1.807, 2.05) is 0 Å². The average molecular weight is 266 g/mol. The molecule has 0 aliphatic carbocycles. The Morgan fingerprint density at radius 3 is 2.53 bits per heavy atom. The van der Waals surface area contributed by atoms with Gasteiger partial charge >= 0.3 is 6.36 Å². The zero-order valence-corrected chi connectivity index (χ0v) is 9.72. The second kappa shape index (κ2) is 5.42. The molecule has 1 aromatic carbocycles. The van der Waals surface area contributed by atoms with Gasteiger partial charge in [-0.05, 0) is 24.6 Å². The molecule has 0 amide bonds. The van der Waals surface area contributed by atoms with Gasteiger partial charge in [-0.25, -0.2) is 0 Å². The lowest BCUT2D eigenvalue weighted by molar-refractivity contribution is -0.274. The van der Waals surface area contributed by atoms with Crippen molar-refractivity contribution in [2.75, 3.05) is 0 Å². The monoisotopic (exact) mass is 265 g/mol. The summed E-state index contributed by atoms with van der Waals surface area (Å²) >= 11 is 5.66. The number of hydrogen-bond acceptors (Lipinski definition) is 2. The van der Waals surface area contributed by atoms with Gasteiger partial charge in [-0.3, -0.25) is 0 Å². The molecule has 1 aromatic rings. The minimum atomic E-state index is -4.74. The first-order chi connectivity index (χ1) is 7.78. The molecule has 1 rings (SSSR count). The summed E-state index contributed by atoms with van der Waals surface area (Å²) in [6.45, 7) is 1.78. The summed E-state index contributed by atoms with van der Waals surface area (Å²) in [6.07, 6.45) is -1.36. The minimum absolute atomic E-state index is 0.103. The lowest BCUT2D eigenvalue weighted by Crippen LogP contribution is -2.17. The molecule has 0 heterocycles. The minimum Gasteiger partial charge on any atom is -0.404 e. The van der Waals surface area contributed by atoms with Crippen molar-refractivity contribution >= 4 is 17.7 Å². The van der Waals surface area contributed by atoms with Gasteiger partial charge in [-0.15, -0.1) is 13.2 Å². The van der Waals surface area contributed by atoms with Gasteiger partial charge in [0, 0.05) is 6.04 Å². The molecule has 17 heavy (non-hydrogen) atoms. The zero-order chi connectivity index (χ0) is 13.1. The molecule has 2 N–H and O–H groups in total. The van der Waals surface area contributed by atoms with Crippen molar-refractivity contribution in [2.24, 2.45) is 5.73 Å². The summed E-state index contributed by atoms with van der Waals surface area (Å²) in [5.41, 5.74) is 6.15. The van der Waals surface area contributed by atoms with Crippen LogP contribution in [0.1, 0.15) is 12.5 Å². The Hall–Kier alpha value is -1.20. The van der Waals surface area contributed by atoms with Crippen LogP contribution in [0, 0.1) is 0 Å². The van der Waals surface area contributed by atoms with E-state index in [2.05, 4.69) is 4.74 Å². The largest absolute Gasteiger partial charge is 0.573 e. The first-order valence-electron chi connectivity index (χ1n) is 4.77. The van der Waals surface area contributed by atoms with Gasteiger partial charge in [0.1, 0.15) is 5.75 Å². The molecule has 0 bridgehead atoms. The van der Waals surface area contributed by atoms with Crippen molar-refractivity contribution in [1.29, 1.82) is 0 Å². The van der Waals surface area contributed by atoms with Gasteiger partial charge in [-0.2, -0.15) is 0 Å². The highest BCUT2D eigenvalue weighted by molar-refractivity contribution is 6.32. The second-order valence-electron chi connectivity index (χ2n) is 3.46.